The highest BCUT2D eigenvalue weighted by molar-refractivity contribution is 6.01. The van der Waals surface area contributed by atoms with Crippen molar-refractivity contribution in [2.45, 2.75) is 68.7 Å². The molecule has 4 rings (SSSR count). The molecule has 4 N–H and O–H groups in total. The van der Waals surface area contributed by atoms with Crippen molar-refractivity contribution in [3.63, 3.8) is 0 Å². The fourth-order valence-electron chi connectivity index (χ4n) is 4.21. The van der Waals surface area contributed by atoms with Crippen LogP contribution in [0.15, 0.2) is 24.3 Å². The third kappa shape index (κ3) is 5.71. The Balaban J connectivity index is 0.000000318. The van der Waals surface area contributed by atoms with Crippen molar-refractivity contribution in [1.29, 1.82) is 0 Å². The van der Waals surface area contributed by atoms with Crippen LogP contribution in [0.3, 0.4) is 0 Å². The molecule has 3 fully saturated rings. The summed E-state index contributed by atoms with van der Waals surface area (Å²) < 4.78 is 31.7. The molecule has 2 bridgehead atoms. The molecule has 0 aliphatic carbocycles. The second-order valence-electron chi connectivity index (χ2n) is 7.88. The fourth-order valence-corrected chi connectivity index (χ4v) is 4.21. The average Bonchev–Trinajstić information content (AvgIpc) is 3.02. The van der Waals surface area contributed by atoms with Gasteiger partial charge in [-0.2, -0.15) is 13.2 Å². The van der Waals surface area contributed by atoms with Gasteiger partial charge in [0.05, 0.1) is 0 Å². The Morgan fingerprint density at radius 2 is 1.60 bits per heavy atom. The van der Waals surface area contributed by atoms with Crippen molar-refractivity contribution < 1.29 is 32.7 Å². The summed E-state index contributed by atoms with van der Waals surface area (Å²) in [5.41, 5.74) is 2.34. The summed E-state index contributed by atoms with van der Waals surface area (Å²) in [4.78, 5) is 31.9. The molecule has 7 nitrogen and oxygen atoms in total. The van der Waals surface area contributed by atoms with Gasteiger partial charge in [0.15, 0.2) is 0 Å². The zero-order chi connectivity index (χ0) is 21.9. The predicted molar refractivity (Wildman–Crippen MR) is 102 cm³/mol. The van der Waals surface area contributed by atoms with E-state index in [1.807, 2.05) is 0 Å². The number of nitrogens with one attached hydrogen (secondary N) is 3. The zero-order valence-electron chi connectivity index (χ0n) is 16.2. The van der Waals surface area contributed by atoms with Crippen molar-refractivity contribution in [1.82, 2.24) is 10.6 Å². The topological polar surface area (TPSA) is 108 Å². The van der Waals surface area contributed by atoms with Crippen LogP contribution in [0.1, 0.15) is 50.0 Å². The number of rotatable bonds is 3. The van der Waals surface area contributed by atoms with Gasteiger partial charge in [0.25, 0.3) is 0 Å². The van der Waals surface area contributed by atoms with Gasteiger partial charge in [-0.1, -0.05) is 12.1 Å². The van der Waals surface area contributed by atoms with Crippen LogP contribution in [-0.2, 0) is 14.4 Å². The van der Waals surface area contributed by atoms with Gasteiger partial charge in [-0.05, 0) is 55.7 Å². The first-order valence-electron chi connectivity index (χ1n) is 9.88. The number of imide groups is 1. The monoisotopic (exact) mass is 427 g/mol. The van der Waals surface area contributed by atoms with Crippen LogP contribution in [0, 0.1) is 0 Å². The van der Waals surface area contributed by atoms with Gasteiger partial charge in [-0.15, -0.1) is 0 Å². The maximum atomic E-state index is 11.8. The standard InChI is InChI=1S/C18H23N3O2.C2HF3O2/c22-17-8-7-16(18(23)21-17)20-13-3-1-11(2-4-13)12-9-14-5-6-15(10-12)19-14;3-2(4,5)1(6)7/h1-4,12,14-16,19-20H,5-10H2,(H,21,22,23);(H,6,7). The lowest BCUT2D eigenvalue weighted by atomic mass is 9.86. The van der Waals surface area contributed by atoms with Gasteiger partial charge in [0.2, 0.25) is 11.8 Å². The summed E-state index contributed by atoms with van der Waals surface area (Å²) in [5, 5.41) is 16.4. The van der Waals surface area contributed by atoms with E-state index in [2.05, 4.69) is 40.2 Å². The van der Waals surface area contributed by atoms with Crippen molar-refractivity contribution >= 4 is 23.5 Å². The smallest absolute Gasteiger partial charge is 0.475 e. The first kappa shape index (κ1) is 22.1. The number of aliphatic carboxylic acids is 1. The summed E-state index contributed by atoms with van der Waals surface area (Å²) in [6.07, 6.45) is 0.975. The number of amides is 2. The fraction of sp³-hybridized carbons (Fsp3) is 0.550. The molecular formula is C20H24F3N3O4. The molecule has 1 aromatic carbocycles. The first-order valence-corrected chi connectivity index (χ1v) is 9.88. The average molecular weight is 427 g/mol. The highest BCUT2D eigenvalue weighted by Crippen LogP contribution is 2.37. The molecule has 3 saturated heterocycles. The van der Waals surface area contributed by atoms with Gasteiger partial charge >= 0.3 is 12.1 Å². The molecule has 3 atom stereocenters. The first-order chi connectivity index (χ1) is 14.1. The Kier molecular flexibility index (Phi) is 6.64. The minimum absolute atomic E-state index is 0.177. The molecule has 3 aliphatic heterocycles. The summed E-state index contributed by atoms with van der Waals surface area (Å²) in [7, 11) is 0. The van der Waals surface area contributed by atoms with Gasteiger partial charge in [0, 0.05) is 24.2 Å². The van der Waals surface area contributed by atoms with Gasteiger partial charge in [-0.3, -0.25) is 14.9 Å². The third-order valence-electron chi connectivity index (χ3n) is 5.68. The lowest BCUT2D eigenvalue weighted by Gasteiger charge is -2.29. The Bertz CT molecular complexity index is 785. The molecule has 30 heavy (non-hydrogen) atoms. The van der Waals surface area contributed by atoms with Crippen molar-refractivity contribution in [2.24, 2.45) is 0 Å². The van der Waals surface area contributed by atoms with Crippen molar-refractivity contribution in [2.75, 3.05) is 5.32 Å². The van der Waals surface area contributed by atoms with E-state index >= 15 is 0 Å². The van der Waals surface area contributed by atoms with Gasteiger partial charge in [0.1, 0.15) is 6.04 Å². The number of carbonyl (C=O) groups is 3. The maximum absolute atomic E-state index is 11.8. The Morgan fingerprint density at radius 3 is 2.10 bits per heavy atom. The van der Waals surface area contributed by atoms with E-state index in [-0.39, 0.29) is 17.9 Å². The van der Waals surface area contributed by atoms with E-state index in [0.29, 0.717) is 30.8 Å². The molecule has 10 heteroatoms. The molecule has 3 heterocycles. The number of carbonyl (C=O) groups excluding carboxylic acids is 2. The van der Waals surface area contributed by atoms with Gasteiger partial charge < -0.3 is 15.7 Å². The van der Waals surface area contributed by atoms with E-state index in [4.69, 9.17) is 9.90 Å². The molecule has 0 aromatic heterocycles. The highest BCUT2D eigenvalue weighted by Gasteiger charge is 2.38. The molecule has 0 saturated carbocycles. The summed E-state index contributed by atoms with van der Waals surface area (Å²) in [6.45, 7) is 0. The number of carboxylic acids is 1. The van der Waals surface area contributed by atoms with E-state index < -0.39 is 12.1 Å². The lowest BCUT2D eigenvalue weighted by molar-refractivity contribution is -0.192. The molecule has 3 aliphatic rings. The van der Waals surface area contributed by atoms with Crippen LogP contribution in [0.4, 0.5) is 18.9 Å². The number of anilines is 1. The van der Waals surface area contributed by atoms with Crippen molar-refractivity contribution in [3.05, 3.63) is 29.8 Å². The Hall–Kier alpha value is -2.62. The highest BCUT2D eigenvalue weighted by atomic mass is 19.4. The molecular weight excluding hydrogens is 403 g/mol. The molecule has 0 radical (unpaired) electrons. The molecule has 3 unspecified atom stereocenters. The van der Waals surface area contributed by atoms with Crippen LogP contribution in [-0.4, -0.2) is 47.2 Å². The van der Waals surface area contributed by atoms with E-state index in [0.717, 1.165) is 5.69 Å². The lowest BCUT2D eigenvalue weighted by Crippen LogP contribution is -2.47. The van der Waals surface area contributed by atoms with Crippen LogP contribution in [0.5, 0.6) is 0 Å². The van der Waals surface area contributed by atoms with Crippen LogP contribution >= 0.6 is 0 Å². The van der Waals surface area contributed by atoms with Crippen molar-refractivity contribution in [3.8, 4) is 0 Å². The zero-order valence-corrected chi connectivity index (χ0v) is 16.2. The Morgan fingerprint density at radius 1 is 1.03 bits per heavy atom. The third-order valence-corrected chi connectivity index (χ3v) is 5.68. The van der Waals surface area contributed by atoms with E-state index in [9.17, 15) is 22.8 Å². The number of carboxylic acid groups (broad SMARTS) is 1. The van der Waals surface area contributed by atoms with E-state index in [1.54, 1.807) is 0 Å². The maximum Gasteiger partial charge on any atom is 0.490 e. The number of benzene rings is 1. The summed E-state index contributed by atoms with van der Waals surface area (Å²) in [6, 6.07) is 9.56. The SMILES string of the molecule is O=C(O)C(F)(F)F.O=C1CCC(Nc2ccc(C3CC4CCC(C3)N4)cc2)C(=O)N1. The minimum atomic E-state index is -5.08. The number of fused-ring (bicyclic) bond motifs is 2. The number of piperidine rings is 2. The van der Waals surface area contributed by atoms with Crippen LogP contribution in [0.25, 0.3) is 0 Å². The molecule has 2 amide bonds. The van der Waals surface area contributed by atoms with Crippen LogP contribution < -0.4 is 16.0 Å². The summed E-state index contributed by atoms with van der Waals surface area (Å²) >= 11 is 0. The quantitative estimate of drug-likeness (QED) is 0.553. The molecule has 164 valence electrons. The van der Waals surface area contributed by atoms with E-state index in [1.165, 1.54) is 31.2 Å². The second-order valence-corrected chi connectivity index (χ2v) is 7.88. The largest absolute Gasteiger partial charge is 0.490 e. The Labute approximate surface area is 171 Å². The number of hydrogen-bond donors (Lipinski definition) is 4. The number of alkyl halides is 3. The second kappa shape index (κ2) is 9.03. The van der Waals surface area contributed by atoms with Gasteiger partial charge in [-0.25, -0.2) is 4.79 Å². The normalized spacial score (nSPS) is 28.2. The summed E-state index contributed by atoms with van der Waals surface area (Å²) in [5.74, 6) is -2.50. The molecule has 0 spiro atoms. The number of hydrogen-bond acceptors (Lipinski definition) is 5. The van der Waals surface area contributed by atoms with Crippen LogP contribution in [0.2, 0.25) is 0 Å². The minimum Gasteiger partial charge on any atom is -0.475 e. The number of halogens is 3. The molecule has 1 aromatic rings. The predicted octanol–water partition coefficient (Wildman–Crippen LogP) is 2.54.